The fourth-order valence-corrected chi connectivity index (χ4v) is 4.75. The molecule has 3 aromatic heterocycles. The standard InChI is InChI=1S/C25H18F2N6O3S/c1-2-20-29-19(13-37-20)25(36)33-8-6-32(7-9-33)24(35)16-10-14(11-17(26)21(16)27)12-18-22-15(4-3-5-28-22)23(34)31-30-18/h1,3-5,10-11,13H,6-9,12H2,(H,31,34). The number of rotatable bonds is 4. The summed E-state index contributed by atoms with van der Waals surface area (Å²) < 4.78 is 29.2. The van der Waals surface area contributed by atoms with E-state index in [-0.39, 0.29) is 49.8 Å². The minimum Gasteiger partial charge on any atom is -0.335 e. The maximum Gasteiger partial charge on any atom is 0.273 e. The van der Waals surface area contributed by atoms with Crippen LogP contribution in [0.3, 0.4) is 0 Å². The van der Waals surface area contributed by atoms with Crippen LogP contribution in [0.2, 0.25) is 0 Å². The first-order chi connectivity index (χ1) is 17.9. The minimum atomic E-state index is -1.26. The topological polar surface area (TPSA) is 112 Å². The van der Waals surface area contributed by atoms with Gasteiger partial charge in [-0.1, -0.05) is 0 Å². The number of H-pyrrole nitrogens is 1. The molecular formula is C25H18F2N6O3S. The monoisotopic (exact) mass is 520 g/mol. The predicted octanol–water partition coefficient (Wildman–Crippen LogP) is 2.22. The molecule has 0 radical (unpaired) electrons. The van der Waals surface area contributed by atoms with Gasteiger partial charge in [-0.2, -0.15) is 5.10 Å². The molecule has 9 nitrogen and oxygen atoms in total. The van der Waals surface area contributed by atoms with Crippen molar-refractivity contribution in [3.05, 3.63) is 85.4 Å². The molecule has 1 aliphatic rings. The van der Waals surface area contributed by atoms with Gasteiger partial charge in [0.05, 0.1) is 22.2 Å². The molecular weight excluding hydrogens is 502 g/mol. The Labute approximate surface area is 212 Å². The van der Waals surface area contributed by atoms with Gasteiger partial charge < -0.3 is 9.80 Å². The van der Waals surface area contributed by atoms with E-state index in [0.717, 1.165) is 6.07 Å². The zero-order valence-corrected chi connectivity index (χ0v) is 20.0. The highest BCUT2D eigenvalue weighted by Crippen LogP contribution is 2.22. The maximum atomic E-state index is 14.7. The van der Waals surface area contributed by atoms with Crippen LogP contribution < -0.4 is 5.56 Å². The summed E-state index contributed by atoms with van der Waals surface area (Å²) in [7, 11) is 0. The Morgan fingerprint density at radius 1 is 1.14 bits per heavy atom. The second-order valence-electron chi connectivity index (χ2n) is 8.28. The fraction of sp³-hybridized carbons (Fsp3) is 0.200. The molecule has 0 unspecified atom stereocenters. The van der Waals surface area contributed by atoms with Gasteiger partial charge in [0.15, 0.2) is 16.6 Å². The van der Waals surface area contributed by atoms with Gasteiger partial charge in [-0.15, -0.1) is 17.8 Å². The van der Waals surface area contributed by atoms with E-state index in [0.29, 0.717) is 21.6 Å². The van der Waals surface area contributed by atoms with Crippen molar-refractivity contribution in [3.63, 3.8) is 0 Å². The highest BCUT2D eigenvalue weighted by Gasteiger charge is 2.29. The number of piperazine rings is 1. The zero-order chi connectivity index (χ0) is 26.1. The van der Waals surface area contributed by atoms with E-state index in [1.165, 1.54) is 33.4 Å². The first-order valence-corrected chi connectivity index (χ1v) is 12.0. The average molecular weight is 521 g/mol. The smallest absolute Gasteiger partial charge is 0.273 e. The molecule has 4 heterocycles. The lowest BCUT2D eigenvalue weighted by atomic mass is 10.0. The Hall–Kier alpha value is -4.50. The predicted molar refractivity (Wildman–Crippen MR) is 131 cm³/mol. The SMILES string of the molecule is C#Cc1nc(C(=O)N2CCN(C(=O)c3cc(Cc4n[nH]c(=O)c5cccnc45)cc(F)c3F)CC2)cs1. The molecule has 1 aliphatic heterocycles. The maximum absolute atomic E-state index is 14.7. The Morgan fingerprint density at radius 3 is 2.57 bits per heavy atom. The lowest BCUT2D eigenvalue weighted by Crippen LogP contribution is -2.50. The number of carbonyl (C=O) groups is 2. The Kier molecular flexibility index (Phi) is 6.45. The third-order valence-electron chi connectivity index (χ3n) is 6.01. The van der Waals surface area contributed by atoms with Crippen LogP contribution in [-0.2, 0) is 6.42 Å². The average Bonchev–Trinajstić information content (AvgIpc) is 3.41. The number of aromatic amines is 1. The molecule has 4 aromatic rings. The van der Waals surface area contributed by atoms with Crippen LogP contribution in [0, 0.1) is 24.0 Å². The highest BCUT2D eigenvalue weighted by molar-refractivity contribution is 7.10. The van der Waals surface area contributed by atoms with E-state index < -0.39 is 28.7 Å². The lowest BCUT2D eigenvalue weighted by Gasteiger charge is -2.34. The van der Waals surface area contributed by atoms with Gasteiger partial charge in [0.25, 0.3) is 17.4 Å². The van der Waals surface area contributed by atoms with Gasteiger partial charge in [0.2, 0.25) is 0 Å². The van der Waals surface area contributed by atoms with E-state index in [1.54, 1.807) is 17.5 Å². The molecule has 1 aromatic carbocycles. The number of carbonyl (C=O) groups excluding carboxylic acids is 2. The molecule has 0 saturated carbocycles. The third kappa shape index (κ3) is 4.68. The lowest BCUT2D eigenvalue weighted by molar-refractivity contribution is 0.0529. The molecule has 186 valence electrons. The molecule has 12 heteroatoms. The van der Waals surface area contributed by atoms with Crippen LogP contribution in [0.4, 0.5) is 8.78 Å². The van der Waals surface area contributed by atoms with E-state index in [4.69, 9.17) is 6.42 Å². The van der Waals surface area contributed by atoms with Crippen molar-refractivity contribution in [1.82, 2.24) is 30.0 Å². The van der Waals surface area contributed by atoms with Gasteiger partial charge in [0.1, 0.15) is 5.69 Å². The van der Waals surface area contributed by atoms with Crippen molar-refractivity contribution in [3.8, 4) is 12.3 Å². The second-order valence-corrected chi connectivity index (χ2v) is 9.14. The zero-order valence-electron chi connectivity index (χ0n) is 19.2. The molecule has 37 heavy (non-hydrogen) atoms. The first-order valence-electron chi connectivity index (χ1n) is 11.2. The van der Waals surface area contributed by atoms with E-state index >= 15 is 0 Å². The summed E-state index contributed by atoms with van der Waals surface area (Å²) in [4.78, 5) is 49.0. The van der Waals surface area contributed by atoms with Crippen LogP contribution in [0.25, 0.3) is 10.9 Å². The fourth-order valence-electron chi connectivity index (χ4n) is 4.15. The number of terminal acetylenes is 1. The molecule has 0 bridgehead atoms. The Bertz CT molecular complexity index is 1640. The van der Waals surface area contributed by atoms with Crippen molar-refractivity contribution in [2.75, 3.05) is 26.2 Å². The third-order valence-corrected chi connectivity index (χ3v) is 6.78. The summed E-state index contributed by atoms with van der Waals surface area (Å²) in [5.41, 5.74) is 0.360. The van der Waals surface area contributed by atoms with Crippen LogP contribution in [0.1, 0.15) is 37.1 Å². The van der Waals surface area contributed by atoms with Crippen molar-refractivity contribution in [2.24, 2.45) is 0 Å². The normalized spacial score (nSPS) is 13.5. The molecule has 0 spiro atoms. The van der Waals surface area contributed by atoms with Gasteiger partial charge in [-0.05, 0) is 35.7 Å². The quantitative estimate of drug-likeness (QED) is 0.413. The van der Waals surface area contributed by atoms with Crippen LogP contribution in [0.15, 0.2) is 40.6 Å². The summed E-state index contributed by atoms with van der Waals surface area (Å²) in [6, 6.07) is 5.45. The van der Waals surface area contributed by atoms with Crippen molar-refractivity contribution >= 4 is 34.1 Å². The number of benzene rings is 1. The summed E-state index contributed by atoms with van der Waals surface area (Å²) in [5, 5.41) is 8.67. The number of thiazole rings is 1. The van der Waals surface area contributed by atoms with Crippen molar-refractivity contribution in [2.45, 2.75) is 6.42 Å². The molecule has 2 amide bonds. The number of amides is 2. The molecule has 0 atom stereocenters. The number of hydrogen-bond donors (Lipinski definition) is 1. The molecule has 1 fully saturated rings. The second kappa shape index (κ2) is 9.87. The van der Waals surface area contributed by atoms with Crippen LogP contribution >= 0.6 is 11.3 Å². The Morgan fingerprint density at radius 2 is 1.86 bits per heavy atom. The van der Waals surface area contributed by atoms with Gasteiger partial charge in [-0.3, -0.25) is 19.4 Å². The molecule has 0 aliphatic carbocycles. The number of pyridine rings is 1. The van der Waals surface area contributed by atoms with Gasteiger partial charge in [0, 0.05) is 44.2 Å². The summed E-state index contributed by atoms with van der Waals surface area (Å²) >= 11 is 1.19. The van der Waals surface area contributed by atoms with E-state index in [1.807, 2.05) is 0 Å². The van der Waals surface area contributed by atoms with E-state index in [2.05, 4.69) is 26.1 Å². The summed E-state index contributed by atoms with van der Waals surface area (Å²) in [5.74, 6) is -1.05. The van der Waals surface area contributed by atoms with Gasteiger partial charge >= 0.3 is 0 Å². The Balaban J connectivity index is 1.34. The summed E-state index contributed by atoms with van der Waals surface area (Å²) in [6.07, 6.45) is 6.82. The number of aromatic nitrogens is 4. The number of halogens is 2. The molecule has 1 N–H and O–H groups in total. The molecule has 1 saturated heterocycles. The number of fused-ring (bicyclic) bond motifs is 1. The van der Waals surface area contributed by atoms with Crippen molar-refractivity contribution in [1.29, 1.82) is 0 Å². The van der Waals surface area contributed by atoms with Gasteiger partial charge in [-0.25, -0.2) is 18.9 Å². The summed E-state index contributed by atoms with van der Waals surface area (Å²) in [6.45, 7) is 0.683. The minimum absolute atomic E-state index is 0.0112. The first kappa shape index (κ1) is 24.2. The number of nitrogens with zero attached hydrogens (tertiary/aromatic N) is 5. The number of hydrogen-bond acceptors (Lipinski definition) is 7. The molecule has 5 rings (SSSR count). The largest absolute Gasteiger partial charge is 0.335 e. The number of nitrogens with one attached hydrogen (secondary N) is 1. The van der Waals surface area contributed by atoms with Crippen LogP contribution in [-0.4, -0.2) is 68.0 Å². The highest BCUT2D eigenvalue weighted by atomic mass is 32.1. The van der Waals surface area contributed by atoms with Crippen LogP contribution in [0.5, 0.6) is 0 Å². The van der Waals surface area contributed by atoms with Crippen molar-refractivity contribution < 1.29 is 18.4 Å². The van der Waals surface area contributed by atoms with E-state index in [9.17, 15) is 23.2 Å².